The first-order valence-electron chi connectivity index (χ1n) is 8.19. The molecule has 1 N–H and O–H groups in total. The van der Waals surface area contributed by atoms with Gasteiger partial charge in [-0.25, -0.2) is 0 Å². The largest absolute Gasteiger partial charge is 0.313 e. The van der Waals surface area contributed by atoms with Crippen LogP contribution in [0.4, 0.5) is 0 Å². The SMILES string of the molecule is CCCCC(CC)C(NC)C1=CCCCCCC1. The Morgan fingerprint density at radius 2 is 1.94 bits per heavy atom. The first-order chi connectivity index (χ1) is 8.83. The zero-order valence-corrected chi connectivity index (χ0v) is 12.8. The highest BCUT2D eigenvalue weighted by Crippen LogP contribution is 2.27. The van der Waals surface area contributed by atoms with Gasteiger partial charge >= 0.3 is 0 Å². The number of rotatable bonds is 7. The van der Waals surface area contributed by atoms with Gasteiger partial charge in [0.25, 0.3) is 0 Å². The predicted octanol–water partition coefficient (Wildman–Crippen LogP) is 5.07. The van der Waals surface area contributed by atoms with Gasteiger partial charge in [-0.1, -0.05) is 57.6 Å². The van der Waals surface area contributed by atoms with Gasteiger partial charge in [0.05, 0.1) is 0 Å². The molecule has 106 valence electrons. The summed E-state index contributed by atoms with van der Waals surface area (Å²) in [6.45, 7) is 4.66. The molecule has 1 rings (SSSR count). The van der Waals surface area contributed by atoms with Crippen LogP contribution in [-0.4, -0.2) is 13.1 Å². The zero-order chi connectivity index (χ0) is 13.2. The molecule has 0 aromatic heterocycles. The van der Waals surface area contributed by atoms with E-state index in [-0.39, 0.29) is 0 Å². The summed E-state index contributed by atoms with van der Waals surface area (Å²) in [5.74, 6) is 0.834. The maximum Gasteiger partial charge on any atom is 0.0304 e. The van der Waals surface area contributed by atoms with Gasteiger partial charge in [-0.15, -0.1) is 0 Å². The Kier molecular flexibility index (Phi) is 8.41. The lowest BCUT2D eigenvalue weighted by atomic mass is 9.83. The van der Waals surface area contributed by atoms with Crippen LogP contribution in [0, 0.1) is 5.92 Å². The van der Waals surface area contributed by atoms with Crippen LogP contribution in [0.15, 0.2) is 11.6 Å². The maximum absolute atomic E-state index is 3.61. The minimum atomic E-state index is 0.639. The molecule has 1 aliphatic rings. The van der Waals surface area contributed by atoms with Crippen LogP contribution >= 0.6 is 0 Å². The van der Waals surface area contributed by atoms with E-state index < -0.39 is 0 Å². The topological polar surface area (TPSA) is 12.0 Å². The summed E-state index contributed by atoms with van der Waals surface area (Å²) in [5, 5.41) is 3.61. The molecule has 1 nitrogen and oxygen atoms in total. The van der Waals surface area contributed by atoms with Gasteiger partial charge in [0, 0.05) is 6.04 Å². The number of hydrogen-bond acceptors (Lipinski definition) is 1. The van der Waals surface area contributed by atoms with E-state index in [2.05, 4.69) is 32.3 Å². The summed E-state index contributed by atoms with van der Waals surface area (Å²) >= 11 is 0. The van der Waals surface area contributed by atoms with Crippen LogP contribution in [0.3, 0.4) is 0 Å². The molecule has 0 amide bonds. The average Bonchev–Trinajstić information content (AvgIpc) is 2.35. The van der Waals surface area contributed by atoms with Crippen LogP contribution in [0.5, 0.6) is 0 Å². The summed E-state index contributed by atoms with van der Waals surface area (Å²) in [5.41, 5.74) is 1.71. The third kappa shape index (κ3) is 5.14. The molecule has 2 unspecified atom stereocenters. The number of hydrogen-bond donors (Lipinski definition) is 1. The molecular formula is C17H33N. The summed E-state index contributed by atoms with van der Waals surface area (Å²) in [6.07, 6.45) is 16.2. The lowest BCUT2D eigenvalue weighted by Crippen LogP contribution is -2.35. The second-order valence-corrected chi connectivity index (χ2v) is 5.81. The monoisotopic (exact) mass is 251 g/mol. The van der Waals surface area contributed by atoms with Crippen molar-refractivity contribution >= 4 is 0 Å². The van der Waals surface area contributed by atoms with Crippen molar-refractivity contribution < 1.29 is 0 Å². The van der Waals surface area contributed by atoms with E-state index in [0.29, 0.717) is 6.04 Å². The van der Waals surface area contributed by atoms with Crippen molar-refractivity contribution in [3.8, 4) is 0 Å². The van der Waals surface area contributed by atoms with E-state index in [4.69, 9.17) is 0 Å². The third-order valence-corrected chi connectivity index (χ3v) is 4.46. The fourth-order valence-corrected chi connectivity index (χ4v) is 3.30. The Bertz CT molecular complexity index is 232. The highest BCUT2D eigenvalue weighted by atomic mass is 14.9. The molecule has 0 fully saturated rings. The maximum atomic E-state index is 3.61. The smallest absolute Gasteiger partial charge is 0.0304 e. The van der Waals surface area contributed by atoms with E-state index in [1.165, 1.54) is 64.2 Å². The summed E-state index contributed by atoms with van der Waals surface area (Å²) < 4.78 is 0. The van der Waals surface area contributed by atoms with E-state index in [1.807, 2.05) is 0 Å². The Balaban J connectivity index is 2.65. The molecule has 0 radical (unpaired) electrons. The first-order valence-corrected chi connectivity index (χ1v) is 8.19. The summed E-state index contributed by atoms with van der Waals surface area (Å²) in [6, 6.07) is 0.639. The average molecular weight is 251 g/mol. The van der Waals surface area contributed by atoms with Crippen molar-refractivity contribution in [2.75, 3.05) is 7.05 Å². The zero-order valence-electron chi connectivity index (χ0n) is 12.8. The second kappa shape index (κ2) is 9.61. The van der Waals surface area contributed by atoms with Crippen LogP contribution in [0.2, 0.25) is 0 Å². The molecule has 0 saturated heterocycles. The number of likely N-dealkylation sites (N-methyl/N-ethyl adjacent to an activating group) is 1. The highest BCUT2D eigenvalue weighted by molar-refractivity contribution is 5.13. The van der Waals surface area contributed by atoms with Crippen LogP contribution < -0.4 is 5.32 Å². The standard InChI is InChI=1S/C17H33N/c1-4-6-12-15(5-2)17(18-3)16-13-10-8-7-9-11-14-16/h13,15,17-18H,4-12,14H2,1-3H3. The van der Waals surface area contributed by atoms with Gasteiger partial charge in [0.15, 0.2) is 0 Å². The quantitative estimate of drug-likeness (QED) is 0.623. The van der Waals surface area contributed by atoms with Crippen molar-refractivity contribution in [3.63, 3.8) is 0 Å². The molecule has 0 aromatic rings. The second-order valence-electron chi connectivity index (χ2n) is 5.81. The van der Waals surface area contributed by atoms with Crippen molar-refractivity contribution in [3.05, 3.63) is 11.6 Å². The number of allylic oxidation sites excluding steroid dienone is 1. The predicted molar refractivity (Wildman–Crippen MR) is 81.9 cm³/mol. The lowest BCUT2D eigenvalue weighted by Gasteiger charge is -2.29. The molecule has 18 heavy (non-hydrogen) atoms. The van der Waals surface area contributed by atoms with Crippen LogP contribution in [-0.2, 0) is 0 Å². The molecule has 0 aromatic carbocycles. The molecule has 0 heterocycles. The Labute approximate surface area is 114 Å². The molecule has 0 spiro atoms. The van der Waals surface area contributed by atoms with Gasteiger partial charge in [0.2, 0.25) is 0 Å². The molecule has 1 aliphatic carbocycles. The van der Waals surface area contributed by atoms with Gasteiger partial charge in [-0.05, 0) is 45.1 Å². The molecule has 1 heteroatoms. The Hall–Kier alpha value is -0.300. The summed E-state index contributed by atoms with van der Waals surface area (Å²) in [4.78, 5) is 0. The minimum Gasteiger partial charge on any atom is -0.313 e. The number of nitrogens with one attached hydrogen (secondary N) is 1. The molecule has 0 bridgehead atoms. The van der Waals surface area contributed by atoms with Crippen molar-refractivity contribution in [1.29, 1.82) is 0 Å². The highest BCUT2D eigenvalue weighted by Gasteiger charge is 2.21. The third-order valence-electron chi connectivity index (χ3n) is 4.46. The summed E-state index contributed by atoms with van der Waals surface area (Å²) in [7, 11) is 2.15. The van der Waals surface area contributed by atoms with E-state index in [1.54, 1.807) is 5.57 Å². The van der Waals surface area contributed by atoms with E-state index in [9.17, 15) is 0 Å². The Morgan fingerprint density at radius 3 is 2.61 bits per heavy atom. The Morgan fingerprint density at radius 1 is 1.17 bits per heavy atom. The van der Waals surface area contributed by atoms with Gasteiger partial charge in [-0.2, -0.15) is 0 Å². The van der Waals surface area contributed by atoms with Crippen LogP contribution in [0.1, 0.15) is 78.1 Å². The first kappa shape index (κ1) is 15.8. The molecule has 2 atom stereocenters. The molecule has 0 saturated carbocycles. The fourth-order valence-electron chi connectivity index (χ4n) is 3.30. The van der Waals surface area contributed by atoms with Crippen LogP contribution in [0.25, 0.3) is 0 Å². The van der Waals surface area contributed by atoms with E-state index in [0.717, 1.165) is 5.92 Å². The number of unbranched alkanes of at least 4 members (excludes halogenated alkanes) is 1. The normalized spacial score (nSPS) is 20.7. The van der Waals surface area contributed by atoms with Crippen molar-refractivity contribution in [2.45, 2.75) is 84.1 Å². The van der Waals surface area contributed by atoms with Gasteiger partial charge < -0.3 is 5.32 Å². The van der Waals surface area contributed by atoms with E-state index >= 15 is 0 Å². The van der Waals surface area contributed by atoms with Gasteiger partial charge in [0.1, 0.15) is 0 Å². The fraction of sp³-hybridized carbons (Fsp3) is 0.882. The molecule has 0 aliphatic heterocycles. The lowest BCUT2D eigenvalue weighted by molar-refractivity contribution is 0.355. The van der Waals surface area contributed by atoms with Crippen molar-refractivity contribution in [1.82, 2.24) is 5.32 Å². The minimum absolute atomic E-state index is 0.639. The van der Waals surface area contributed by atoms with Gasteiger partial charge in [-0.3, -0.25) is 0 Å². The molecular weight excluding hydrogens is 218 g/mol. The van der Waals surface area contributed by atoms with Crippen molar-refractivity contribution in [2.24, 2.45) is 5.92 Å².